The average Bonchev–Trinajstić information content (AvgIpc) is 1.97. The second-order valence-corrected chi connectivity index (χ2v) is 6.36. The Bertz CT molecular complexity index is 192. The smallest absolute Gasteiger partial charge is 0.324 e. The maximum absolute atomic E-state index is 11.3. The molecule has 0 aromatic carbocycles. The molecule has 1 atom stereocenters. The lowest BCUT2D eigenvalue weighted by Crippen LogP contribution is -2.37. The van der Waals surface area contributed by atoms with Gasteiger partial charge in [0.15, 0.2) is 0 Å². The molecular formula is C10H22ClNO2S. The van der Waals surface area contributed by atoms with Crippen LogP contribution in [0.4, 0.5) is 0 Å². The highest BCUT2D eigenvalue weighted by Crippen LogP contribution is 2.23. The van der Waals surface area contributed by atoms with Gasteiger partial charge in [-0.25, -0.2) is 0 Å². The van der Waals surface area contributed by atoms with Crippen LogP contribution < -0.4 is 5.73 Å². The van der Waals surface area contributed by atoms with Gasteiger partial charge < -0.3 is 10.5 Å². The molecule has 0 saturated heterocycles. The normalized spacial score (nSPS) is 13.3. The number of rotatable bonds is 4. The highest BCUT2D eigenvalue weighted by atomic mass is 35.5. The molecule has 0 aliphatic carbocycles. The monoisotopic (exact) mass is 255 g/mol. The quantitative estimate of drug-likeness (QED) is 0.783. The lowest BCUT2D eigenvalue weighted by atomic mass is 10.3. The number of ether oxygens (including phenoxy) is 1. The van der Waals surface area contributed by atoms with Gasteiger partial charge in [-0.1, -0.05) is 20.8 Å². The summed E-state index contributed by atoms with van der Waals surface area (Å²) in [5.41, 5.74) is 5.68. The molecule has 0 bridgehead atoms. The van der Waals surface area contributed by atoms with Crippen molar-refractivity contribution in [3.05, 3.63) is 0 Å². The van der Waals surface area contributed by atoms with Gasteiger partial charge in [-0.05, 0) is 13.8 Å². The van der Waals surface area contributed by atoms with Gasteiger partial charge in [-0.15, -0.1) is 12.4 Å². The van der Waals surface area contributed by atoms with Crippen LogP contribution in [0.25, 0.3) is 0 Å². The van der Waals surface area contributed by atoms with Gasteiger partial charge >= 0.3 is 5.97 Å². The fourth-order valence-corrected chi connectivity index (χ4v) is 1.54. The van der Waals surface area contributed by atoms with Crippen LogP contribution in [-0.4, -0.2) is 28.6 Å². The van der Waals surface area contributed by atoms with E-state index in [1.54, 1.807) is 11.8 Å². The third-order valence-corrected chi connectivity index (χ3v) is 2.74. The van der Waals surface area contributed by atoms with Gasteiger partial charge in [-0.3, -0.25) is 4.79 Å². The molecule has 5 heteroatoms. The summed E-state index contributed by atoms with van der Waals surface area (Å²) in [6, 6.07) is -0.512. The van der Waals surface area contributed by atoms with E-state index in [1.165, 1.54) is 0 Å². The molecule has 2 N–H and O–H groups in total. The summed E-state index contributed by atoms with van der Waals surface area (Å²) in [4.78, 5) is 11.3. The summed E-state index contributed by atoms with van der Waals surface area (Å²) in [5, 5.41) is 0. The fraction of sp³-hybridized carbons (Fsp3) is 0.900. The second kappa shape index (κ2) is 7.36. The number of halogens is 1. The van der Waals surface area contributed by atoms with Gasteiger partial charge in [0.05, 0.1) is 6.10 Å². The third-order valence-electron chi connectivity index (χ3n) is 1.35. The number of hydrogen-bond acceptors (Lipinski definition) is 4. The Balaban J connectivity index is 0. The summed E-state index contributed by atoms with van der Waals surface area (Å²) < 4.78 is 5.13. The molecule has 0 radical (unpaired) electrons. The van der Waals surface area contributed by atoms with Crippen LogP contribution in [0.5, 0.6) is 0 Å². The molecule has 3 nitrogen and oxygen atoms in total. The van der Waals surface area contributed by atoms with E-state index in [2.05, 4.69) is 20.8 Å². The molecule has 0 fully saturated rings. The molecule has 0 rings (SSSR count). The Morgan fingerprint density at radius 1 is 1.40 bits per heavy atom. The highest BCUT2D eigenvalue weighted by molar-refractivity contribution is 8.00. The van der Waals surface area contributed by atoms with Gasteiger partial charge in [0.25, 0.3) is 0 Å². The lowest BCUT2D eigenvalue weighted by Gasteiger charge is -2.20. The van der Waals surface area contributed by atoms with E-state index in [0.29, 0.717) is 5.75 Å². The maximum Gasteiger partial charge on any atom is 0.324 e. The van der Waals surface area contributed by atoms with Crippen molar-refractivity contribution in [2.45, 2.75) is 51.5 Å². The number of esters is 1. The van der Waals surface area contributed by atoms with Crippen LogP contribution in [-0.2, 0) is 9.53 Å². The number of carbonyl (C=O) groups is 1. The predicted molar refractivity (Wildman–Crippen MR) is 68.7 cm³/mol. The van der Waals surface area contributed by atoms with Crippen molar-refractivity contribution >= 4 is 30.1 Å². The van der Waals surface area contributed by atoms with Crippen molar-refractivity contribution in [3.63, 3.8) is 0 Å². The topological polar surface area (TPSA) is 52.3 Å². The number of thioether (sulfide) groups is 1. The Kier molecular flexibility index (Phi) is 8.57. The zero-order valence-electron chi connectivity index (χ0n) is 10.1. The van der Waals surface area contributed by atoms with Crippen LogP contribution in [0.3, 0.4) is 0 Å². The third kappa shape index (κ3) is 10.4. The molecule has 0 amide bonds. The van der Waals surface area contributed by atoms with E-state index >= 15 is 0 Å². The first-order valence-electron chi connectivity index (χ1n) is 4.82. The summed E-state index contributed by atoms with van der Waals surface area (Å²) in [7, 11) is 0. The van der Waals surface area contributed by atoms with Crippen LogP contribution in [0.1, 0.15) is 34.6 Å². The van der Waals surface area contributed by atoms with E-state index in [-0.39, 0.29) is 29.2 Å². The molecule has 0 heterocycles. The van der Waals surface area contributed by atoms with Crippen LogP contribution in [0.2, 0.25) is 0 Å². The van der Waals surface area contributed by atoms with E-state index in [1.807, 2.05) is 13.8 Å². The zero-order valence-corrected chi connectivity index (χ0v) is 11.7. The molecule has 0 saturated carbocycles. The predicted octanol–water partition coefficient (Wildman–Crippen LogP) is 2.22. The number of nitrogens with two attached hydrogens (primary N) is 1. The first kappa shape index (κ1) is 17.5. The van der Waals surface area contributed by atoms with E-state index in [9.17, 15) is 4.79 Å². The van der Waals surface area contributed by atoms with E-state index < -0.39 is 6.04 Å². The summed E-state index contributed by atoms with van der Waals surface area (Å²) >= 11 is 1.67. The summed E-state index contributed by atoms with van der Waals surface area (Å²) in [6.07, 6.45) is -0.0896. The molecule has 1 unspecified atom stereocenters. The van der Waals surface area contributed by atoms with Gasteiger partial charge in [0, 0.05) is 10.5 Å². The van der Waals surface area contributed by atoms with Gasteiger partial charge in [0.2, 0.25) is 0 Å². The van der Waals surface area contributed by atoms with Crippen LogP contribution >= 0.6 is 24.2 Å². The average molecular weight is 256 g/mol. The van der Waals surface area contributed by atoms with Gasteiger partial charge in [0.1, 0.15) is 6.04 Å². The largest absolute Gasteiger partial charge is 0.462 e. The minimum absolute atomic E-state index is 0. The molecule has 0 aromatic heterocycles. The number of carbonyl (C=O) groups excluding carboxylic acids is 1. The van der Waals surface area contributed by atoms with E-state index in [4.69, 9.17) is 10.5 Å². The summed E-state index contributed by atoms with van der Waals surface area (Å²) in [6.45, 7) is 9.93. The Morgan fingerprint density at radius 2 is 1.87 bits per heavy atom. The lowest BCUT2D eigenvalue weighted by molar-refractivity contribution is -0.148. The van der Waals surface area contributed by atoms with Crippen molar-refractivity contribution in [1.82, 2.24) is 0 Å². The minimum Gasteiger partial charge on any atom is -0.462 e. The Morgan fingerprint density at radius 3 is 2.20 bits per heavy atom. The molecule has 0 aliphatic rings. The first-order valence-corrected chi connectivity index (χ1v) is 5.81. The maximum atomic E-state index is 11.3. The zero-order chi connectivity index (χ0) is 11.4. The highest BCUT2D eigenvalue weighted by Gasteiger charge is 2.20. The van der Waals surface area contributed by atoms with Gasteiger partial charge in [-0.2, -0.15) is 11.8 Å². The van der Waals surface area contributed by atoms with Crippen LogP contribution in [0, 0.1) is 0 Å². The molecule has 0 aromatic rings. The van der Waals surface area contributed by atoms with E-state index in [0.717, 1.165) is 0 Å². The minimum atomic E-state index is -0.512. The van der Waals surface area contributed by atoms with Crippen molar-refractivity contribution in [2.75, 3.05) is 5.75 Å². The molecular weight excluding hydrogens is 234 g/mol. The van der Waals surface area contributed by atoms with Crippen LogP contribution in [0.15, 0.2) is 0 Å². The first-order chi connectivity index (χ1) is 6.22. The fourth-order valence-electron chi connectivity index (χ4n) is 0.728. The number of hydrogen-bond donors (Lipinski definition) is 1. The Labute approximate surface area is 103 Å². The molecule has 0 spiro atoms. The molecule has 0 aliphatic heterocycles. The SMILES string of the molecule is CC(C)OC(=O)C(N)CSC(C)(C)C.Cl. The van der Waals surface area contributed by atoms with Crippen molar-refractivity contribution in [1.29, 1.82) is 0 Å². The van der Waals surface area contributed by atoms with Crippen molar-refractivity contribution < 1.29 is 9.53 Å². The Hall–Kier alpha value is 0.0700. The van der Waals surface area contributed by atoms with Crippen molar-refractivity contribution in [2.24, 2.45) is 5.73 Å². The van der Waals surface area contributed by atoms with Crippen molar-refractivity contribution in [3.8, 4) is 0 Å². The standard InChI is InChI=1S/C10H21NO2S.ClH/c1-7(2)13-9(12)8(11)6-14-10(3,4)5;/h7-8H,6,11H2,1-5H3;1H. The summed E-state index contributed by atoms with van der Waals surface area (Å²) in [5.74, 6) is 0.298. The second-order valence-electron chi connectivity index (χ2n) is 4.52. The molecule has 92 valence electrons. The molecule has 15 heavy (non-hydrogen) atoms.